The van der Waals surface area contributed by atoms with Crippen molar-refractivity contribution < 1.29 is 0 Å². The molecule has 0 spiro atoms. The summed E-state index contributed by atoms with van der Waals surface area (Å²) in [7, 11) is 0. The van der Waals surface area contributed by atoms with Crippen molar-refractivity contribution in [3.63, 3.8) is 0 Å². The number of hydrogen-bond donors (Lipinski definition) is 0. The van der Waals surface area contributed by atoms with E-state index in [1.54, 1.807) is 11.3 Å². The molecule has 0 bridgehead atoms. The van der Waals surface area contributed by atoms with E-state index in [2.05, 4.69) is 64.2 Å². The number of benzene rings is 1. The van der Waals surface area contributed by atoms with Crippen molar-refractivity contribution in [1.29, 1.82) is 0 Å². The zero-order valence-electron chi connectivity index (χ0n) is 9.98. The molecule has 0 saturated carbocycles. The van der Waals surface area contributed by atoms with Gasteiger partial charge in [-0.1, -0.05) is 64.0 Å². The summed E-state index contributed by atoms with van der Waals surface area (Å²) in [6.45, 7) is 4.25. The van der Waals surface area contributed by atoms with Crippen LogP contribution in [0, 0.1) is 6.92 Å². The Hall–Kier alpha value is -0.740. The third-order valence-electron chi connectivity index (χ3n) is 2.55. The van der Waals surface area contributed by atoms with Crippen LogP contribution in [0.4, 0.5) is 0 Å². The maximum atomic E-state index is 4.25. The molecular formula is C13H15BrN2S. The highest BCUT2D eigenvalue weighted by Crippen LogP contribution is 2.29. The molecule has 0 amide bonds. The van der Waals surface area contributed by atoms with E-state index < -0.39 is 0 Å². The van der Waals surface area contributed by atoms with Crippen LogP contribution < -0.4 is 0 Å². The molecule has 2 nitrogen and oxygen atoms in total. The highest BCUT2D eigenvalue weighted by Gasteiger charge is 2.11. The lowest BCUT2D eigenvalue weighted by Crippen LogP contribution is -1.87. The molecule has 1 heterocycles. The summed E-state index contributed by atoms with van der Waals surface area (Å²) in [5.41, 5.74) is 2.59. The van der Waals surface area contributed by atoms with Gasteiger partial charge in [-0.3, -0.25) is 0 Å². The summed E-state index contributed by atoms with van der Waals surface area (Å²) in [6.07, 6.45) is 1.92. The molecule has 0 fully saturated rings. The minimum Gasteiger partial charge on any atom is -0.143 e. The smallest absolute Gasteiger partial charge is 0.131 e. The fourth-order valence-electron chi connectivity index (χ4n) is 1.64. The molecule has 2 aromatic rings. The SMILES string of the molecule is CCC(Br)c1nnc(Cc2cccc(C)c2)s1. The van der Waals surface area contributed by atoms with Gasteiger partial charge >= 0.3 is 0 Å². The Labute approximate surface area is 114 Å². The Morgan fingerprint density at radius 3 is 2.88 bits per heavy atom. The summed E-state index contributed by atoms with van der Waals surface area (Å²) in [4.78, 5) is 0.339. The van der Waals surface area contributed by atoms with Crippen LogP contribution in [0.5, 0.6) is 0 Å². The van der Waals surface area contributed by atoms with Crippen LogP contribution in [0.25, 0.3) is 0 Å². The Balaban J connectivity index is 2.11. The molecule has 1 atom stereocenters. The van der Waals surface area contributed by atoms with Gasteiger partial charge in [0.2, 0.25) is 0 Å². The summed E-state index contributed by atoms with van der Waals surface area (Å²) in [6, 6.07) is 8.54. The predicted octanol–water partition coefficient (Wildman–Crippen LogP) is 4.28. The predicted molar refractivity (Wildman–Crippen MR) is 75.9 cm³/mol. The van der Waals surface area contributed by atoms with E-state index in [1.165, 1.54) is 11.1 Å². The second kappa shape index (κ2) is 5.74. The number of rotatable bonds is 4. The van der Waals surface area contributed by atoms with Crippen molar-refractivity contribution in [3.8, 4) is 0 Å². The molecule has 0 radical (unpaired) electrons. The average Bonchev–Trinajstić information content (AvgIpc) is 2.76. The van der Waals surface area contributed by atoms with Crippen molar-refractivity contribution in [2.75, 3.05) is 0 Å². The van der Waals surface area contributed by atoms with Gasteiger partial charge in [0.1, 0.15) is 10.0 Å². The first-order valence-electron chi connectivity index (χ1n) is 5.71. The zero-order valence-corrected chi connectivity index (χ0v) is 12.4. The van der Waals surface area contributed by atoms with E-state index in [1.807, 2.05) is 0 Å². The third kappa shape index (κ3) is 3.36. The molecule has 2 rings (SSSR count). The topological polar surface area (TPSA) is 25.8 Å². The quantitative estimate of drug-likeness (QED) is 0.788. The lowest BCUT2D eigenvalue weighted by atomic mass is 10.1. The van der Waals surface area contributed by atoms with E-state index in [0.717, 1.165) is 22.9 Å². The fourth-order valence-corrected chi connectivity index (χ4v) is 2.95. The Kier molecular flexibility index (Phi) is 4.29. The van der Waals surface area contributed by atoms with Gasteiger partial charge in [-0.2, -0.15) is 0 Å². The van der Waals surface area contributed by atoms with E-state index in [-0.39, 0.29) is 0 Å². The standard InChI is InChI=1S/C13H15BrN2S/c1-3-11(14)13-16-15-12(17-13)8-10-6-4-5-9(2)7-10/h4-7,11H,3,8H2,1-2H3. The Morgan fingerprint density at radius 2 is 2.18 bits per heavy atom. The molecule has 0 saturated heterocycles. The van der Waals surface area contributed by atoms with Crippen LogP contribution in [-0.2, 0) is 6.42 Å². The van der Waals surface area contributed by atoms with Gasteiger partial charge in [0.15, 0.2) is 0 Å². The molecule has 0 aliphatic rings. The van der Waals surface area contributed by atoms with Crippen LogP contribution in [0.3, 0.4) is 0 Å². The number of nitrogens with zero attached hydrogens (tertiary/aromatic N) is 2. The van der Waals surface area contributed by atoms with Crippen molar-refractivity contribution >= 4 is 27.3 Å². The van der Waals surface area contributed by atoms with E-state index in [4.69, 9.17) is 0 Å². The monoisotopic (exact) mass is 310 g/mol. The average molecular weight is 311 g/mol. The molecule has 1 aromatic heterocycles. The molecule has 4 heteroatoms. The normalized spacial score (nSPS) is 12.6. The van der Waals surface area contributed by atoms with E-state index >= 15 is 0 Å². The third-order valence-corrected chi connectivity index (χ3v) is 4.97. The molecule has 0 N–H and O–H groups in total. The molecular weight excluding hydrogens is 296 g/mol. The lowest BCUT2D eigenvalue weighted by Gasteiger charge is -1.99. The molecule has 90 valence electrons. The fraction of sp³-hybridized carbons (Fsp3) is 0.385. The van der Waals surface area contributed by atoms with E-state index in [9.17, 15) is 0 Å². The van der Waals surface area contributed by atoms with Crippen LogP contribution in [-0.4, -0.2) is 10.2 Å². The van der Waals surface area contributed by atoms with Gasteiger partial charge in [0.25, 0.3) is 0 Å². The number of aryl methyl sites for hydroxylation is 1. The van der Waals surface area contributed by atoms with Crippen molar-refractivity contribution in [1.82, 2.24) is 10.2 Å². The van der Waals surface area contributed by atoms with Crippen molar-refractivity contribution in [2.24, 2.45) is 0 Å². The molecule has 0 aliphatic heterocycles. The molecule has 17 heavy (non-hydrogen) atoms. The Bertz CT molecular complexity index is 496. The number of aromatic nitrogens is 2. The number of hydrogen-bond acceptors (Lipinski definition) is 3. The second-order valence-electron chi connectivity index (χ2n) is 4.08. The van der Waals surface area contributed by atoms with E-state index in [0.29, 0.717) is 4.83 Å². The maximum Gasteiger partial charge on any atom is 0.131 e. The minimum absolute atomic E-state index is 0.339. The van der Waals surface area contributed by atoms with Gasteiger partial charge < -0.3 is 0 Å². The first-order chi connectivity index (χ1) is 8.19. The number of alkyl halides is 1. The minimum atomic E-state index is 0.339. The van der Waals surface area contributed by atoms with Gasteiger partial charge in [-0.25, -0.2) is 0 Å². The van der Waals surface area contributed by atoms with Crippen molar-refractivity contribution in [3.05, 3.63) is 45.4 Å². The zero-order chi connectivity index (χ0) is 12.3. The van der Waals surface area contributed by atoms with Gasteiger partial charge in [-0.15, -0.1) is 10.2 Å². The van der Waals surface area contributed by atoms with Crippen LogP contribution in [0.2, 0.25) is 0 Å². The van der Waals surface area contributed by atoms with Crippen molar-refractivity contribution in [2.45, 2.75) is 31.5 Å². The summed E-state index contributed by atoms with van der Waals surface area (Å²) >= 11 is 5.30. The number of halogens is 1. The highest BCUT2D eigenvalue weighted by molar-refractivity contribution is 9.09. The summed E-state index contributed by atoms with van der Waals surface area (Å²) in [5.74, 6) is 0. The first kappa shape index (κ1) is 12.7. The largest absolute Gasteiger partial charge is 0.143 e. The maximum absolute atomic E-state index is 4.25. The molecule has 0 aliphatic carbocycles. The van der Waals surface area contributed by atoms with Crippen LogP contribution in [0.1, 0.15) is 39.3 Å². The van der Waals surface area contributed by atoms with Gasteiger partial charge in [0.05, 0.1) is 4.83 Å². The van der Waals surface area contributed by atoms with Gasteiger partial charge in [-0.05, 0) is 18.9 Å². The van der Waals surface area contributed by atoms with Crippen LogP contribution >= 0.6 is 27.3 Å². The Morgan fingerprint density at radius 1 is 1.35 bits per heavy atom. The van der Waals surface area contributed by atoms with Crippen LogP contribution in [0.15, 0.2) is 24.3 Å². The highest BCUT2D eigenvalue weighted by atomic mass is 79.9. The van der Waals surface area contributed by atoms with Gasteiger partial charge in [0, 0.05) is 6.42 Å². The second-order valence-corrected chi connectivity index (χ2v) is 6.27. The summed E-state index contributed by atoms with van der Waals surface area (Å²) in [5, 5.41) is 10.6. The molecule has 1 aromatic carbocycles. The summed E-state index contributed by atoms with van der Waals surface area (Å²) < 4.78 is 0. The lowest BCUT2D eigenvalue weighted by molar-refractivity contribution is 0.862. The first-order valence-corrected chi connectivity index (χ1v) is 7.44. The molecule has 1 unspecified atom stereocenters.